The van der Waals surface area contributed by atoms with E-state index in [0.29, 0.717) is 11.7 Å². The predicted molar refractivity (Wildman–Crippen MR) is 96.6 cm³/mol. The van der Waals surface area contributed by atoms with Gasteiger partial charge in [-0.3, -0.25) is 4.90 Å². The van der Waals surface area contributed by atoms with Gasteiger partial charge in [-0.1, -0.05) is 18.9 Å². The second-order valence-corrected chi connectivity index (χ2v) is 6.13. The van der Waals surface area contributed by atoms with Crippen LogP contribution in [0.3, 0.4) is 0 Å². The number of piperazine rings is 1. The van der Waals surface area contributed by atoms with Gasteiger partial charge in [-0.2, -0.15) is 0 Å². The third-order valence-electron chi connectivity index (χ3n) is 4.92. The molecule has 6 heteroatoms. The second-order valence-electron chi connectivity index (χ2n) is 6.13. The molecule has 1 aromatic rings. The molecule has 1 saturated heterocycles. The average Bonchev–Trinajstić information content (AvgIpc) is 3.04. The molecule has 1 atom stereocenters. The topological polar surface area (TPSA) is 24.5 Å². The van der Waals surface area contributed by atoms with Crippen LogP contribution in [0.5, 0.6) is 5.75 Å². The van der Waals surface area contributed by atoms with Gasteiger partial charge in [-0.05, 0) is 30.9 Å². The van der Waals surface area contributed by atoms with Gasteiger partial charge in [0.1, 0.15) is 11.6 Å². The van der Waals surface area contributed by atoms with Crippen LogP contribution in [-0.2, 0) is 0 Å². The van der Waals surface area contributed by atoms with E-state index in [-0.39, 0.29) is 36.7 Å². The minimum Gasteiger partial charge on any atom is -0.496 e. The maximum atomic E-state index is 14.6. The molecule has 0 spiro atoms. The Labute approximate surface area is 150 Å². The summed E-state index contributed by atoms with van der Waals surface area (Å²) in [5.41, 5.74) is 0.772. The zero-order valence-corrected chi connectivity index (χ0v) is 15.2. The van der Waals surface area contributed by atoms with Crippen molar-refractivity contribution in [2.75, 3.05) is 33.3 Å². The van der Waals surface area contributed by atoms with Gasteiger partial charge in [0.2, 0.25) is 0 Å². The van der Waals surface area contributed by atoms with Gasteiger partial charge in [-0.15, -0.1) is 24.8 Å². The molecular weight excluding hydrogens is 338 g/mol. The van der Waals surface area contributed by atoms with E-state index >= 15 is 0 Å². The monoisotopic (exact) mass is 364 g/mol. The standard InChI is InChI=1S/C17H25FN2O.2ClH/c1-21-15-8-4-7-14(18)16(15)17(13-5-2-3-6-13)20-11-9-19-10-12-20;;/h4,7-8,13,17,19H,2-3,5-6,9-12H2,1H3;2*1H/t17-;;/m0../s1. The van der Waals surface area contributed by atoms with Gasteiger partial charge in [0.25, 0.3) is 0 Å². The summed E-state index contributed by atoms with van der Waals surface area (Å²) in [6.45, 7) is 3.94. The smallest absolute Gasteiger partial charge is 0.131 e. The summed E-state index contributed by atoms with van der Waals surface area (Å²) in [5.74, 6) is 1.13. The Morgan fingerprint density at radius 2 is 1.83 bits per heavy atom. The number of hydrogen-bond donors (Lipinski definition) is 1. The van der Waals surface area contributed by atoms with Crippen molar-refractivity contribution >= 4 is 24.8 Å². The minimum atomic E-state index is -0.121. The van der Waals surface area contributed by atoms with Crippen LogP contribution in [-0.4, -0.2) is 38.2 Å². The van der Waals surface area contributed by atoms with Crippen LogP contribution in [0, 0.1) is 11.7 Å². The first-order valence-corrected chi connectivity index (χ1v) is 8.08. The molecule has 1 saturated carbocycles. The Morgan fingerprint density at radius 1 is 1.17 bits per heavy atom. The molecule has 1 aromatic carbocycles. The number of nitrogens with one attached hydrogen (secondary N) is 1. The lowest BCUT2D eigenvalue weighted by Crippen LogP contribution is -2.47. The molecule has 1 aliphatic heterocycles. The summed E-state index contributed by atoms with van der Waals surface area (Å²) >= 11 is 0. The molecule has 0 bridgehead atoms. The zero-order chi connectivity index (χ0) is 14.7. The third kappa shape index (κ3) is 4.50. The lowest BCUT2D eigenvalue weighted by atomic mass is 9.88. The van der Waals surface area contributed by atoms with Crippen molar-refractivity contribution in [3.05, 3.63) is 29.6 Å². The Kier molecular flexibility index (Phi) is 8.62. The first-order chi connectivity index (χ1) is 10.3. The lowest BCUT2D eigenvalue weighted by Gasteiger charge is -2.39. The van der Waals surface area contributed by atoms with Gasteiger partial charge >= 0.3 is 0 Å². The van der Waals surface area contributed by atoms with Crippen LogP contribution < -0.4 is 10.1 Å². The fourth-order valence-corrected chi connectivity index (χ4v) is 3.93. The lowest BCUT2D eigenvalue weighted by molar-refractivity contribution is 0.120. The number of rotatable bonds is 4. The molecule has 0 aromatic heterocycles. The Hall–Kier alpha value is -0.550. The number of hydrogen-bond acceptors (Lipinski definition) is 3. The second kappa shape index (κ2) is 9.67. The summed E-state index contributed by atoms with van der Waals surface area (Å²) in [4.78, 5) is 2.45. The van der Waals surface area contributed by atoms with Gasteiger partial charge in [0, 0.05) is 37.8 Å². The first kappa shape index (κ1) is 20.5. The highest BCUT2D eigenvalue weighted by Gasteiger charge is 2.35. The highest BCUT2D eigenvalue weighted by Crippen LogP contribution is 2.43. The Morgan fingerprint density at radius 3 is 2.43 bits per heavy atom. The van der Waals surface area contributed by atoms with Crippen molar-refractivity contribution in [2.24, 2.45) is 5.92 Å². The number of halogens is 3. The maximum absolute atomic E-state index is 14.6. The fraction of sp³-hybridized carbons (Fsp3) is 0.647. The highest BCUT2D eigenvalue weighted by molar-refractivity contribution is 5.85. The van der Waals surface area contributed by atoms with E-state index < -0.39 is 0 Å². The van der Waals surface area contributed by atoms with Crippen molar-refractivity contribution < 1.29 is 9.13 Å². The summed E-state index contributed by atoms with van der Waals surface area (Å²) in [5, 5.41) is 3.39. The maximum Gasteiger partial charge on any atom is 0.131 e. The van der Waals surface area contributed by atoms with E-state index in [9.17, 15) is 4.39 Å². The van der Waals surface area contributed by atoms with Gasteiger partial charge < -0.3 is 10.1 Å². The fourth-order valence-electron chi connectivity index (χ4n) is 3.93. The van der Waals surface area contributed by atoms with E-state index in [2.05, 4.69) is 10.2 Å². The molecule has 2 fully saturated rings. The van der Waals surface area contributed by atoms with Gasteiger partial charge in [0.05, 0.1) is 7.11 Å². The number of methoxy groups -OCH3 is 1. The van der Waals surface area contributed by atoms with Crippen molar-refractivity contribution in [3.63, 3.8) is 0 Å². The molecule has 0 unspecified atom stereocenters. The van der Waals surface area contributed by atoms with Gasteiger partial charge in [-0.25, -0.2) is 4.39 Å². The van der Waals surface area contributed by atoms with Crippen LogP contribution in [0.1, 0.15) is 37.3 Å². The van der Waals surface area contributed by atoms with Crippen molar-refractivity contribution in [1.82, 2.24) is 10.2 Å². The first-order valence-electron chi connectivity index (χ1n) is 8.08. The molecule has 3 nitrogen and oxygen atoms in total. The molecule has 132 valence electrons. The average molecular weight is 365 g/mol. The van der Waals surface area contributed by atoms with Crippen molar-refractivity contribution in [2.45, 2.75) is 31.7 Å². The molecule has 23 heavy (non-hydrogen) atoms. The number of nitrogens with zero attached hydrogens (tertiary/aromatic N) is 1. The van der Waals surface area contributed by atoms with Crippen molar-refractivity contribution in [1.29, 1.82) is 0 Å². The zero-order valence-electron chi connectivity index (χ0n) is 13.6. The van der Waals surface area contributed by atoms with Crippen LogP contribution in [0.2, 0.25) is 0 Å². The quantitative estimate of drug-likeness (QED) is 0.878. The van der Waals surface area contributed by atoms with E-state index in [1.165, 1.54) is 25.7 Å². The summed E-state index contributed by atoms with van der Waals surface area (Å²) in [7, 11) is 1.64. The molecule has 2 aliphatic rings. The largest absolute Gasteiger partial charge is 0.496 e. The number of benzene rings is 1. The SMILES string of the molecule is COc1cccc(F)c1[C@H](C1CCCC1)N1CCNCC1.Cl.Cl. The van der Waals surface area contributed by atoms with Crippen molar-refractivity contribution in [3.8, 4) is 5.75 Å². The summed E-state index contributed by atoms with van der Waals surface area (Å²) < 4.78 is 20.0. The van der Waals surface area contributed by atoms with E-state index in [1.54, 1.807) is 19.2 Å². The van der Waals surface area contributed by atoms with Crippen LogP contribution in [0.15, 0.2) is 18.2 Å². The molecule has 3 rings (SSSR count). The third-order valence-corrected chi connectivity index (χ3v) is 4.92. The molecule has 1 aliphatic carbocycles. The van der Waals surface area contributed by atoms with Crippen LogP contribution >= 0.6 is 24.8 Å². The van der Waals surface area contributed by atoms with Gasteiger partial charge in [0.15, 0.2) is 0 Å². The van der Waals surface area contributed by atoms with E-state index in [1.807, 2.05) is 6.07 Å². The Balaban J connectivity index is 0.00000132. The molecule has 0 radical (unpaired) electrons. The normalized spacial score (nSPS) is 20.4. The number of ether oxygens (including phenoxy) is 1. The highest BCUT2D eigenvalue weighted by atomic mass is 35.5. The van der Waals surface area contributed by atoms with E-state index in [0.717, 1.165) is 31.7 Å². The summed E-state index contributed by atoms with van der Waals surface area (Å²) in [6.07, 6.45) is 4.94. The molecule has 1 heterocycles. The summed E-state index contributed by atoms with van der Waals surface area (Å²) in [6, 6.07) is 5.36. The molecule has 0 amide bonds. The van der Waals surface area contributed by atoms with E-state index in [4.69, 9.17) is 4.74 Å². The molecular formula is C17H27Cl2FN2O. The Bertz CT molecular complexity index is 478. The van der Waals surface area contributed by atoms with Crippen LogP contribution in [0.25, 0.3) is 0 Å². The predicted octanol–water partition coefficient (Wildman–Crippen LogP) is 3.81. The molecule has 1 N–H and O–H groups in total. The van der Waals surface area contributed by atoms with Crippen LogP contribution in [0.4, 0.5) is 4.39 Å². The minimum absolute atomic E-state index is 0.